The summed E-state index contributed by atoms with van der Waals surface area (Å²) in [7, 11) is 0. The van der Waals surface area contributed by atoms with Gasteiger partial charge in [0.25, 0.3) is 11.8 Å². The molecule has 0 aromatic heterocycles. The van der Waals surface area contributed by atoms with E-state index in [9.17, 15) is 9.59 Å². The van der Waals surface area contributed by atoms with Crippen LogP contribution in [0.4, 0.5) is 11.4 Å². The first-order chi connectivity index (χ1) is 14.6. The van der Waals surface area contributed by atoms with Crippen molar-refractivity contribution in [3.05, 3.63) is 107 Å². The van der Waals surface area contributed by atoms with E-state index in [2.05, 4.69) is 5.32 Å². The summed E-state index contributed by atoms with van der Waals surface area (Å²) < 4.78 is 0. The number of carbonyl (C=O) groups is 2. The van der Waals surface area contributed by atoms with Crippen LogP contribution in [0.1, 0.15) is 26.3 Å². The number of nitrogens with zero attached hydrogens (tertiary/aromatic N) is 1. The highest BCUT2D eigenvalue weighted by Gasteiger charge is 2.34. The molecule has 146 valence electrons. The number of carbonyl (C=O) groups excluding carboxylic acids is 2. The number of hydrogen-bond donors (Lipinski definition) is 1. The highest BCUT2D eigenvalue weighted by Crippen LogP contribution is 2.36. The average Bonchev–Trinajstić information content (AvgIpc) is 2.77. The molecule has 4 nitrogen and oxygen atoms in total. The molecule has 1 aliphatic heterocycles. The van der Waals surface area contributed by atoms with Gasteiger partial charge < -0.3 is 5.32 Å². The molecule has 1 heterocycles. The molecular formula is C25H17ClN2O2. The molecule has 0 bridgehead atoms. The number of halogens is 1. The van der Waals surface area contributed by atoms with Crippen molar-refractivity contribution in [3.8, 4) is 0 Å². The lowest BCUT2D eigenvalue weighted by Gasteiger charge is -2.28. The second-order valence-corrected chi connectivity index (χ2v) is 7.59. The Morgan fingerprint density at radius 2 is 1.50 bits per heavy atom. The molecule has 30 heavy (non-hydrogen) atoms. The smallest absolute Gasteiger partial charge is 0.265 e. The van der Waals surface area contributed by atoms with Gasteiger partial charge in [-0.15, -0.1) is 0 Å². The van der Waals surface area contributed by atoms with Gasteiger partial charge in [0.05, 0.1) is 5.69 Å². The third-order valence-corrected chi connectivity index (χ3v) is 5.53. The third-order valence-electron chi connectivity index (χ3n) is 5.30. The van der Waals surface area contributed by atoms with Gasteiger partial charge in [-0.1, -0.05) is 60.1 Å². The van der Waals surface area contributed by atoms with Crippen LogP contribution in [0.3, 0.4) is 0 Å². The van der Waals surface area contributed by atoms with E-state index < -0.39 is 0 Å². The van der Waals surface area contributed by atoms with E-state index in [0.717, 1.165) is 16.6 Å². The minimum absolute atomic E-state index is 0.347. The van der Waals surface area contributed by atoms with Gasteiger partial charge in [-0.2, -0.15) is 0 Å². The fraction of sp³-hybridized carbons (Fsp3) is 0.0400. The van der Waals surface area contributed by atoms with Gasteiger partial charge in [-0.25, -0.2) is 4.90 Å². The lowest BCUT2D eigenvalue weighted by molar-refractivity contribution is 0.0893. The molecule has 5 heteroatoms. The van der Waals surface area contributed by atoms with Crippen molar-refractivity contribution in [2.75, 3.05) is 10.2 Å². The largest absolute Gasteiger partial charge is 0.380 e. The van der Waals surface area contributed by atoms with Crippen LogP contribution in [0.5, 0.6) is 0 Å². The maximum atomic E-state index is 13.3. The van der Waals surface area contributed by atoms with Crippen molar-refractivity contribution in [1.82, 2.24) is 0 Å². The standard InChI is InChI=1S/C25H17ClN2O2/c26-17-8-4-9-18(14-17)28-24(29)20-11-5-10-19-22(13-12-21(23(19)20)25(28)30)27-15-16-6-2-1-3-7-16/h1-14,27H,15H2. The Morgan fingerprint density at radius 3 is 2.27 bits per heavy atom. The van der Waals surface area contributed by atoms with Gasteiger partial charge in [0, 0.05) is 39.2 Å². The van der Waals surface area contributed by atoms with Gasteiger partial charge in [0.15, 0.2) is 0 Å². The van der Waals surface area contributed by atoms with E-state index in [0.29, 0.717) is 33.8 Å². The predicted octanol–water partition coefficient (Wildman–Crippen LogP) is 5.91. The second-order valence-electron chi connectivity index (χ2n) is 7.15. The molecule has 0 saturated heterocycles. The summed E-state index contributed by atoms with van der Waals surface area (Å²) in [5, 5.41) is 5.44. The Balaban J connectivity index is 1.59. The fourth-order valence-corrected chi connectivity index (χ4v) is 4.08. The summed E-state index contributed by atoms with van der Waals surface area (Å²) in [6, 6.07) is 26.1. The van der Waals surface area contributed by atoms with Gasteiger partial charge >= 0.3 is 0 Å². The summed E-state index contributed by atoms with van der Waals surface area (Å²) in [4.78, 5) is 27.7. The Morgan fingerprint density at radius 1 is 0.767 bits per heavy atom. The number of amides is 2. The minimum Gasteiger partial charge on any atom is -0.380 e. The lowest BCUT2D eigenvalue weighted by atomic mass is 9.92. The first-order valence-corrected chi connectivity index (χ1v) is 9.99. The van der Waals surface area contributed by atoms with E-state index in [1.165, 1.54) is 4.90 Å². The predicted molar refractivity (Wildman–Crippen MR) is 120 cm³/mol. The molecule has 2 amide bonds. The Labute approximate surface area is 178 Å². The molecule has 0 fully saturated rings. The van der Waals surface area contributed by atoms with Crippen molar-refractivity contribution in [2.24, 2.45) is 0 Å². The number of rotatable bonds is 4. The second kappa shape index (κ2) is 7.32. The lowest BCUT2D eigenvalue weighted by Crippen LogP contribution is -2.40. The maximum absolute atomic E-state index is 13.3. The quantitative estimate of drug-likeness (QED) is 0.424. The molecule has 0 radical (unpaired) electrons. The highest BCUT2D eigenvalue weighted by atomic mass is 35.5. The molecular weight excluding hydrogens is 396 g/mol. The van der Waals surface area contributed by atoms with Crippen LogP contribution in [0, 0.1) is 0 Å². The van der Waals surface area contributed by atoms with Gasteiger partial charge in [-0.05, 0) is 42.0 Å². The summed E-state index contributed by atoms with van der Waals surface area (Å²) in [6.45, 7) is 0.649. The molecule has 5 rings (SSSR count). The zero-order valence-corrected chi connectivity index (χ0v) is 16.7. The number of hydrogen-bond acceptors (Lipinski definition) is 3. The molecule has 1 N–H and O–H groups in total. The SMILES string of the molecule is O=C1c2cccc3c(NCc4ccccc4)ccc(c23)C(=O)N1c1cccc(Cl)c1. The van der Waals surface area contributed by atoms with Crippen LogP contribution in [-0.4, -0.2) is 11.8 Å². The van der Waals surface area contributed by atoms with Crippen LogP contribution >= 0.6 is 11.6 Å². The fourth-order valence-electron chi connectivity index (χ4n) is 3.89. The average molecular weight is 413 g/mol. The normalized spacial score (nSPS) is 13.0. The van der Waals surface area contributed by atoms with E-state index in [4.69, 9.17) is 11.6 Å². The molecule has 0 saturated carbocycles. The first-order valence-electron chi connectivity index (χ1n) is 9.61. The van der Waals surface area contributed by atoms with Crippen molar-refractivity contribution in [2.45, 2.75) is 6.54 Å². The summed E-state index contributed by atoms with van der Waals surface area (Å²) >= 11 is 6.09. The maximum Gasteiger partial charge on any atom is 0.265 e. The van der Waals surface area contributed by atoms with Crippen molar-refractivity contribution < 1.29 is 9.59 Å². The monoisotopic (exact) mass is 412 g/mol. The summed E-state index contributed by atoms with van der Waals surface area (Å²) in [6.07, 6.45) is 0. The van der Waals surface area contributed by atoms with E-state index in [1.807, 2.05) is 48.5 Å². The van der Waals surface area contributed by atoms with E-state index in [-0.39, 0.29) is 11.8 Å². The minimum atomic E-state index is -0.347. The van der Waals surface area contributed by atoms with Gasteiger partial charge in [0.2, 0.25) is 0 Å². The molecule has 4 aromatic rings. The number of imide groups is 1. The Hall–Kier alpha value is -3.63. The summed E-state index contributed by atoms with van der Waals surface area (Å²) in [5.74, 6) is -0.693. The molecule has 0 aliphatic carbocycles. The van der Waals surface area contributed by atoms with Gasteiger partial charge in [-0.3, -0.25) is 9.59 Å². The zero-order valence-electron chi connectivity index (χ0n) is 15.9. The number of anilines is 2. The molecule has 0 unspecified atom stereocenters. The topological polar surface area (TPSA) is 49.4 Å². The van der Waals surface area contributed by atoms with Crippen molar-refractivity contribution >= 4 is 45.6 Å². The highest BCUT2D eigenvalue weighted by molar-refractivity contribution is 6.37. The molecule has 4 aromatic carbocycles. The van der Waals surface area contributed by atoms with Crippen molar-refractivity contribution in [3.63, 3.8) is 0 Å². The molecule has 0 spiro atoms. The molecule has 1 aliphatic rings. The third kappa shape index (κ3) is 3.02. The number of benzene rings is 4. The first kappa shape index (κ1) is 18.4. The number of nitrogens with one attached hydrogen (secondary N) is 1. The van der Waals surface area contributed by atoms with E-state index in [1.54, 1.807) is 36.4 Å². The summed E-state index contributed by atoms with van der Waals surface area (Å²) in [5.41, 5.74) is 3.51. The van der Waals surface area contributed by atoms with Crippen LogP contribution in [0.2, 0.25) is 5.02 Å². The van der Waals surface area contributed by atoms with Crippen LogP contribution in [-0.2, 0) is 6.54 Å². The van der Waals surface area contributed by atoms with Crippen molar-refractivity contribution in [1.29, 1.82) is 0 Å². The zero-order chi connectivity index (χ0) is 20.7. The Bertz CT molecular complexity index is 1280. The van der Waals surface area contributed by atoms with E-state index >= 15 is 0 Å². The van der Waals surface area contributed by atoms with Crippen LogP contribution in [0.15, 0.2) is 84.9 Å². The van der Waals surface area contributed by atoms with Crippen LogP contribution in [0.25, 0.3) is 10.8 Å². The Kier molecular flexibility index (Phi) is 4.49. The molecule has 0 atom stereocenters. The van der Waals surface area contributed by atoms with Crippen LogP contribution < -0.4 is 10.2 Å². The van der Waals surface area contributed by atoms with Gasteiger partial charge in [0.1, 0.15) is 0 Å².